The zero-order valence-corrected chi connectivity index (χ0v) is 12.3. The van der Waals surface area contributed by atoms with E-state index >= 15 is 0 Å². The Morgan fingerprint density at radius 3 is 1.56 bits per heavy atom. The van der Waals surface area contributed by atoms with E-state index in [1.807, 2.05) is 33.9 Å². The first-order chi connectivity index (χ1) is 7.61. The molecule has 1 nitrogen and oxygen atoms in total. The maximum Gasteiger partial charge on any atom is 0.0429 e. The topological polar surface area (TPSA) is 12.9 Å². The molecule has 0 saturated heterocycles. The lowest BCUT2D eigenvalue weighted by molar-refractivity contribution is 0.802. The Morgan fingerprint density at radius 1 is 0.812 bits per heavy atom. The van der Waals surface area contributed by atoms with Crippen LogP contribution in [0.3, 0.4) is 0 Å². The average Bonchev–Trinajstić information content (AvgIpc) is 2.34. The number of hydrogen-bond donors (Lipinski definition) is 0. The van der Waals surface area contributed by atoms with Gasteiger partial charge in [0.05, 0.1) is 0 Å². The van der Waals surface area contributed by atoms with E-state index in [9.17, 15) is 0 Å². The van der Waals surface area contributed by atoms with Crippen molar-refractivity contribution in [3.63, 3.8) is 0 Å². The van der Waals surface area contributed by atoms with E-state index in [1.165, 1.54) is 11.3 Å². The molecule has 16 heavy (non-hydrogen) atoms. The summed E-state index contributed by atoms with van der Waals surface area (Å²) in [5.74, 6) is 1.12. The Balaban J connectivity index is 0. The van der Waals surface area contributed by atoms with Crippen LogP contribution in [0.15, 0.2) is 18.3 Å². The first-order valence-corrected chi connectivity index (χ1v) is 6.57. The highest BCUT2D eigenvalue weighted by molar-refractivity contribution is 5.18. The first-order valence-electron chi connectivity index (χ1n) is 6.57. The van der Waals surface area contributed by atoms with Crippen molar-refractivity contribution in [1.82, 2.24) is 4.98 Å². The standard InChI is InChI=1S/C11H17N.2C2H6/c1-8(2)10-5-6-11(9(3)4)12-7-10;2*1-2/h5-9H,1-4H3;2*1-2H3. The highest BCUT2D eigenvalue weighted by atomic mass is 14.7. The SMILES string of the molecule is CC.CC.CC(C)c1ccc(C(C)C)nc1. The van der Waals surface area contributed by atoms with E-state index in [4.69, 9.17) is 0 Å². The molecule has 0 unspecified atom stereocenters. The van der Waals surface area contributed by atoms with E-state index in [1.54, 1.807) is 0 Å². The molecule has 1 rings (SSSR count). The molecule has 1 aromatic heterocycles. The molecule has 1 heteroatoms. The van der Waals surface area contributed by atoms with Crippen LogP contribution in [0.5, 0.6) is 0 Å². The second kappa shape index (κ2) is 10.7. The van der Waals surface area contributed by atoms with Gasteiger partial charge in [-0.3, -0.25) is 4.98 Å². The van der Waals surface area contributed by atoms with Gasteiger partial charge in [-0.25, -0.2) is 0 Å². The summed E-state index contributed by atoms with van der Waals surface area (Å²) >= 11 is 0. The zero-order chi connectivity index (χ0) is 13.1. The van der Waals surface area contributed by atoms with E-state index in [2.05, 4.69) is 44.8 Å². The van der Waals surface area contributed by atoms with Crippen molar-refractivity contribution in [2.45, 2.75) is 67.2 Å². The number of pyridine rings is 1. The summed E-state index contributed by atoms with van der Waals surface area (Å²) in [6.45, 7) is 16.7. The lowest BCUT2D eigenvalue weighted by atomic mass is 10.0. The van der Waals surface area contributed by atoms with Crippen LogP contribution in [-0.2, 0) is 0 Å². The Morgan fingerprint density at radius 2 is 1.31 bits per heavy atom. The predicted molar refractivity (Wildman–Crippen MR) is 75.1 cm³/mol. The van der Waals surface area contributed by atoms with Crippen molar-refractivity contribution >= 4 is 0 Å². The first kappa shape index (κ1) is 17.5. The van der Waals surface area contributed by atoms with Gasteiger partial charge < -0.3 is 0 Å². The summed E-state index contributed by atoms with van der Waals surface area (Å²) in [4.78, 5) is 4.40. The molecule has 0 radical (unpaired) electrons. The molecule has 0 fully saturated rings. The third-order valence-corrected chi connectivity index (χ3v) is 2.07. The molecule has 1 heterocycles. The van der Waals surface area contributed by atoms with Crippen molar-refractivity contribution in [3.8, 4) is 0 Å². The number of hydrogen-bond acceptors (Lipinski definition) is 1. The molecule has 0 amide bonds. The maximum atomic E-state index is 4.40. The minimum absolute atomic E-state index is 0.534. The predicted octanol–water partition coefficient (Wildman–Crippen LogP) is 5.38. The van der Waals surface area contributed by atoms with Gasteiger partial charge in [0.1, 0.15) is 0 Å². The molecular weight excluding hydrogens is 194 g/mol. The summed E-state index contributed by atoms with van der Waals surface area (Å²) in [6, 6.07) is 4.30. The fourth-order valence-electron chi connectivity index (χ4n) is 1.10. The van der Waals surface area contributed by atoms with Crippen LogP contribution < -0.4 is 0 Å². The minimum Gasteiger partial charge on any atom is -0.261 e. The molecule has 0 spiro atoms. The monoisotopic (exact) mass is 223 g/mol. The normalized spacial score (nSPS) is 9.12. The Labute approximate surface area is 102 Å². The second-order valence-corrected chi connectivity index (χ2v) is 3.83. The smallest absolute Gasteiger partial charge is 0.0429 e. The zero-order valence-electron chi connectivity index (χ0n) is 12.3. The molecule has 0 saturated carbocycles. The fraction of sp³-hybridized carbons (Fsp3) is 0.667. The lowest BCUT2D eigenvalue weighted by Gasteiger charge is -2.07. The van der Waals surface area contributed by atoms with Gasteiger partial charge in [0, 0.05) is 11.9 Å². The van der Waals surface area contributed by atoms with Crippen LogP contribution in [0.4, 0.5) is 0 Å². The summed E-state index contributed by atoms with van der Waals surface area (Å²) in [6.07, 6.45) is 1.99. The van der Waals surface area contributed by atoms with Gasteiger partial charge in [0.15, 0.2) is 0 Å². The van der Waals surface area contributed by atoms with Crippen molar-refractivity contribution in [3.05, 3.63) is 29.6 Å². The molecule has 1 aromatic rings. The van der Waals surface area contributed by atoms with Gasteiger partial charge >= 0.3 is 0 Å². The fourth-order valence-corrected chi connectivity index (χ4v) is 1.10. The Bertz CT molecular complexity index is 207. The van der Waals surface area contributed by atoms with Gasteiger partial charge in [-0.05, 0) is 23.5 Å². The van der Waals surface area contributed by atoms with E-state index in [0.29, 0.717) is 11.8 Å². The average molecular weight is 223 g/mol. The highest BCUT2D eigenvalue weighted by Crippen LogP contribution is 2.16. The van der Waals surface area contributed by atoms with Crippen LogP contribution in [0.2, 0.25) is 0 Å². The molecule has 0 aromatic carbocycles. The number of rotatable bonds is 2. The number of aromatic nitrogens is 1. The molecular formula is C15H29N. The summed E-state index contributed by atoms with van der Waals surface area (Å²) in [5.41, 5.74) is 2.50. The van der Waals surface area contributed by atoms with Gasteiger partial charge in [0.2, 0.25) is 0 Å². The molecule has 0 aliphatic rings. The molecule has 0 aliphatic carbocycles. The van der Waals surface area contributed by atoms with Crippen LogP contribution >= 0.6 is 0 Å². The number of nitrogens with zero attached hydrogens (tertiary/aromatic N) is 1. The van der Waals surface area contributed by atoms with E-state index in [-0.39, 0.29) is 0 Å². The molecule has 0 atom stereocenters. The van der Waals surface area contributed by atoms with Crippen molar-refractivity contribution in [2.24, 2.45) is 0 Å². The van der Waals surface area contributed by atoms with Gasteiger partial charge in [0.25, 0.3) is 0 Å². The Hall–Kier alpha value is -0.850. The van der Waals surface area contributed by atoms with Crippen LogP contribution in [-0.4, -0.2) is 4.98 Å². The van der Waals surface area contributed by atoms with Crippen molar-refractivity contribution < 1.29 is 0 Å². The van der Waals surface area contributed by atoms with Crippen molar-refractivity contribution in [1.29, 1.82) is 0 Å². The molecule has 0 aliphatic heterocycles. The summed E-state index contributed by atoms with van der Waals surface area (Å²) in [5, 5.41) is 0. The van der Waals surface area contributed by atoms with E-state index in [0.717, 1.165) is 0 Å². The maximum absolute atomic E-state index is 4.40. The third-order valence-electron chi connectivity index (χ3n) is 2.07. The van der Waals surface area contributed by atoms with Crippen LogP contribution in [0.1, 0.15) is 78.5 Å². The van der Waals surface area contributed by atoms with Crippen molar-refractivity contribution in [2.75, 3.05) is 0 Å². The summed E-state index contributed by atoms with van der Waals surface area (Å²) < 4.78 is 0. The molecule has 0 bridgehead atoms. The van der Waals surface area contributed by atoms with Gasteiger partial charge in [-0.15, -0.1) is 0 Å². The minimum atomic E-state index is 0.534. The highest BCUT2D eigenvalue weighted by Gasteiger charge is 2.02. The quantitative estimate of drug-likeness (QED) is 0.656. The largest absolute Gasteiger partial charge is 0.261 e. The lowest BCUT2D eigenvalue weighted by Crippen LogP contribution is -1.94. The molecule has 0 N–H and O–H groups in total. The van der Waals surface area contributed by atoms with Gasteiger partial charge in [-0.1, -0.05) is 61.5 Å². The molecule has 94 valence electrons. The van der Waals surface area contributed by atoms with Gasteiger partial charge in [-0.2, -0.15) is 0 Å². The third kappa shape index (κ3) is 6.60. The Kier molecular flexibility index (Phi) is 11.7. The van der Waals surface area contributed by atoms with E-state index < -0.39 is 0 Å². The van der Waals surface area contributed by atoms with Crippen LogP contribution in [0.25, 0.3) is 0 Å². The second-order valence-electron chi connectivity index (χ2n) is 3.83. The van der Waals surface area contributed by atoms with Crippen LogP contribution in [0, 0.1) is 0 Å². The summed E-state index contributed by atoms with van der Waals surface area (Å²) in [7, 11) is 0.